The molecular formula is C23H21N3O4S. The van der Waals surface area contributed by atoms with Gasteiger partial charge in [0.1, 0.15) is 0 Å². The Morgan fingerprint density at radius 2 is 1.94 bits per heavy atom. The number of H-pyrrole nitrogens is 1. The smallest absolute Gasteiger partial charge is 0.255 e. The summed E-state index contributed by atoms with van der Waals surface area (Å²) in [4.78, 5) is 29.5. The Balaban J connectivity index is 1.57. The molecule has 2 heterocycles. The standard InChI is InChI=1S/C23H21N3O4S/c1-23(2)17-9-12(22(28)25-14-7-8-31(29,30)11-14)3-5-15(17)20(27)19-16-6-4-13(24)10-18(16)26-21(19)23/h3-7,9-10,26H,8,11,24H2,1-2H3,(H,25,28). The van der Waals surface area contributed by atoms with Gasteiger partial charge in [0.2, 0.25) is 0 Å². The number of sulfone groups is 1. The van der Waals surface area contributed by atoms with Crippen molar-refractivity contribution in [3.05, 3.63) is 76.1 Å². The number of amides is 1. The SMILES string of the molecule is CC1(C)c2cc(C(=O)NC3=CCS(=O)(=O)C3)ccc2C(=O)c2c1[nH]c1cc(N)ccc21. The van der Waals surface area contributed by atoms with Crippen molar-refractivity contribution in [2.45, 2.75) is 19.3 Å². The summed E-state index contributed by atoms with van der Waals surface area (Å²) in [7, 11) is -3.18. The van der Waals surface area contributed by atoms with E-state index < -0.39 is 21.2 Å². The van der Waals surface area contributed by atoms with Crippen molar-refractivity contribution >= 4 is 38.1 Å². The molecule has 8 heteroatoms. The number of rotatable bonds is 2. The molecule has 0 saturated carbocycles. The third-order valence-corrected chi connectivity index (χ3v) is 7.53. The third-order valence-electron chi connectivity index (χ3n) is 6.11. The molecule has 158 valence electrons. The Morgan fingerprint density at radius 3 is 2.65 bits per heavy atom. The maximum atomic E-state index is 13.4. The number of nitrogens with one attached hydrogen (secondary N) is 2. The zero-order chi connectivity index (χ0) is 22.1. The van der Waals surface area contributed by atoms with Crippen LogP contribution in [0.15, 0.2) is 48.2 Å². The highest BCUT2D eigenvalue weighted by molar-refractivity contribution is 7.92. The minimum absolute atomic E-state index is 0.0675. The summed E-state index contributed by atoms with van der Waals surface area (Å²) in [6, 6.07) is 10.4. The highest BCUT2D eigenvalue weighted by Gasteiger charge is 2.40. The van der Waals surface area contributed by atoms with Gasteiger partial charge in [-0.15, -0.1) is 0 Å². The minimum atomic E-state index is -3.18. The van der Waals surface area contributed by atoms with Crippen molar-refractivity contribution in [2.24, 2.45) is 0 Å². The monoisotopic (exact) mass is 435 g/mol. The van der Waals surface area contributed by atoms with E-state index in [4.69, 9.17) is 5.73 Å². The van der Waals surface area contributed by atoms with Crippen LogP contribution in [-0.4, -0.2) is 36.6 Å². The van der Waals surface area contributed by atoms with Gasteiger partial charge in [0.05, 0.1) is 17.1 Å². The van der Waals surface area contributed by atoms with Crippen LogP contribution in [0.5, 0.6) is 0 Å². The van der Waals surface area contributed by atoms with Crippen LogP contribution in [0.1, 0.15) is 51.4 Å². The number of benzene rings is 2. The second-order valence-corrected chi connectivity index (χ2v) is 10.7. The number of nitrogens with two attached hydrogens (primary N) is 1. The summed E-state index contributed by atoms with van der Waals surface area (Å²) >= 11 is 0. The van der Waals surface area contributed by atoms with Gasteiger partial charge in [-0.3, -0.25) is 9.59 Å². The van der Waals surface area contributed by atoms with Crippen LogP contribution >= 0.6 is 0 Å². The van der Waals surface area contributed by atoms with Gasteiger partial charge in [0.25, 0.3) is 5.91 Å². The van der Waals surface area contributed by atoms with E-state index in [1.807, 2.05) is 26.0 Å². The average molecular weight is 436 g/mol. The number of carbonyl (C=O) groups is 2. The first-order chi connectivity index (χ1) is 14.6. The van der Waals surface area contributed by atoms with Crippen LogP contribution in [0.3, 0.4) is 0 Å². The Kier molecular flexibility index (Phi) is 3.98. The molecular weight excluding hydrogens is 414 g/mol. The lowest BCUT2D eigenvalue weighted by Crippen LogP contribution is -2.31. The molecule has 1 aliphatic carbocycles. The molecule has 0 bridgehead atoms. The van der Waals surface area contributed by atoms with E-state index in [1.54, 1.807) is 24.3 Å². The molecule has 4 N–H and O–H groups in total. The Hall–Kier alpha value is -3.39. The number of aromatic amines is 1. The molecule has 2 aliphatic rings. The molecule has 0 unspecified atom stereocenters. The topological polar surface area (TPSA) is 122 Å². The van der Waals surface area contributed by atoms with E-state index in [0.717, 1.165) is 22.2 Å². The maximum Gasteiger partial charge on any atom is 0.255 e. The summed E-state index contributed by atoms with van der Waals surface area (Å²) in [5, 5.41) is 3.50. The average Bonchev–Trinajstić information content (AvgIpc) is 3.25. The second kappa shape index (κ2) is 6.31. The van der Waals surface area contributed by atoms with E-state index in [9.17, 15) is 18.0 Å². The molecule has 1 aliphatic heterocycles. The lowest BCUT2D eigenvalue weighted by Gasteiger charge is -2.32. The van der Waals surface area contributed by atoms with Crippen LogP contribution in [0.4, 0.5) is 5.69 Å². The molecule has 0 spiro atoms. The fraction of sp³-hybridized carbons (Fsp3) is 0.217. The number of anilines is 1. The van der Waals surface area contributed by atoms with Crippen molar-refractivity contribution in [1.82, 2.24) is 10.3 Å². The zero-order valence-corrected chi connectivity index (χ0v) is 17.9. The van der Waals surface area contributed by atoms with E-state index >= 15 is 0 Å². The van der Waals surface area contributed by atoms with E-state index in [-0.39, 0.29) is 17.3 Å². The molecule has 5 rings (SSSR count). The lowest BCUT2D eigenvalue weighted by atomic mass is 9.71. The van der Waals surface area contributed by atoms with Gasteiger partial charge < -0.3 is 16.0 Å². The normalized spacial score (nSPS) is 18.4. The van der Waals surface area contributed by atoms with Crippen molar-refractivity contribution in [2.75, 3.05) is 17.2 Å². The summed E-state index contributed by atoms with van der Waals surface area (Å²) in [5.74, 6) is -0.737. The first kappa shape index (κ1) is 19.6. The Morgan fingerprint density at radius 1 is 1.16 bits per heavy atom. The number of aromatic nitrogens is 1. The van der Waals surface area contributed by atoms with Crippen LogP contribution in [-0.2, 0) is 15.3 Å². The quantitative estimate of drug-likeness (QED) is 0.534. The second-order valence-electron chi connectivity index (χ2n) is 8.63. The molecule has 2 aromatic carbocycles. The van der Waals surface area contributed by atoms with Crippen molar-refractivity contribution in [3.8, 4) is 0 Å². The Bertz CT molecular complexity index is 1440. The molecule has 1 aromatic heterocycles. The largest absolute Gasteiger partial charge is 0.399 e. The molecule has 0 atom stereocenters. The van der Waals surface area contributed by atoms with Gasteiger partial charge in [-0.2, -0.15) is 0 Å². The number of fused-ring (bicyclic) bond motifs is 4. The number of carbonyl (C=O) groups excluding carboxylic acids is 2. The Labute approximate surface area is 179 Å². The predicted octanol–water partition coefficient (Wildman–Crippen LogP) is 2.66. The zero-order valence-electron chi connectivity index (χ0n) is 17.1. The molecule has 0 radical (unpaired) electrons. The molecule has 3 aromatic rings. The van der Waals surface area contributed by atoms with Crippen LogP contribution in [0, 0.1) is 0 Å². The molecule has 0 saturated heterocycles. The molecule has 0 fully saturated rings. The predicted molar refractivity (Wildman–Crippen MR) is 119 cm³/mol. The summed E-state index contributed by atoms with van der Waals surface area (Å²) in [6.45, 7) is 4.01. The lowest BCUT2D eigenvalue weighted by molar-refractivity contribution is 0.0963. The number of hydrogen-bond donors (Lipinski definition) is 3. The van der Waals surface area contributed by atoms with Gasteiger partial charge in [0.15, 0.2) is 15.6 Å². The summed E-state index contributed by atoms with van der Waals surface area (Å²) < 4.78 is 23.3. The van der Waals surface area contributed by atoms with Crippen LogP contribution < -0.4 is 11.1 Å². The summed E-state index contributed by atoms with van der Waals surface area (Å²) in [6.07, 6.45) is 1.52. The fourth-order valence-electron chi connectivity index (χ4n) is 4.48. The van der Waals surface area contributed by atoms with E-state index in [2.05, 4.69) is 10.3 Å². The number of nitrogen functional groups attached to an aromatic ring is 1. The highest BCUT2D eigenvalue weighted by atomic mass is 32.2. The maximum absolute atomic E-state index is 13.4. The molecule has 1 amide bonds. The van der Waals surface area contributed by atoms with Crippen LogP contribution in [0.25, 0.3) is 10.9 Å². The van der Waals surface area contributed by atoms with Gasteiger partial charge in [0, 0.05) is 44.5 Å². The fourth-order valence-corrected chi connectivity index (χ4v) is 5.71. The van der Waals surface area contributed by atoms with Crippen LogP contribution in [0.2, 0.25) is 0 Å². The van der Waals surface area contributed by atoms with Crippen molar-refractivity contribution < 1.29 is 18.0 Å². The first-order valence-corrected chi connectivity index (χ1v) is 11.7. The van der Waals surface area contributed by atoms with Crippen molar-refractivity contribution in [3.63, 3.8) is 0 Å². The highest BCUT2D eigenvalue weighted by Crippen LogP contribution is 2.44. The minimum Gasteiger partial charge on any atom is -0.399 e. The first-order valence-electron chi connectivity index (χ1n) is 9.88. The van der Waals surface area contributed by atoms with E-state index in [1.165, 1.54) is 6.08 Å². The number of ketones is 1. The van der Waals surface area contributed by atoms with E-state index in [0.29, 0.717) is 28.1 Å². The molecule has 7 nitrogen and oxygen atoms in total. The summed E-state index contributed by atoms with van der Waals surface area (Å²) in [5.41, 5.74) is 10.2. The van der Waals surface area contributed by atoms with Gasteiger partial charge in [-0.1, -0.05) is 19.9 Å². The molecule has 31 heavy (non-hydrogen) atoms. The van der Waals surface area contributed by atoms with Gasteiger partial charge in [-0.25, -0.2) is 8.42 Å². The van der Waals surface area contributed by atoms with Gasteiger partial charge in [-0.05, 0) is 42.0 Å². The van der Waals surface area contributed by atoms with Gasteiger partial charge >= 0.3 is 0 Å². The van der Waals surface area contributed by atoms with Crippen molar-refractivity contribution in [1.29, 1.82) is 0 Å². The number of hydrogen-bond acceptors (Lipinski definition) is 5. The third kappa shape index (κ3) is 2.97.